The lowest BCUT2D eigenvalue weighted by atomic mass is 10.1. The van der Waals surface area contributed by atoms with Gasteiger partial charge in [-0.2, -0.15) is 0 Å². The van der Waals surface area contributed by atoms with Gasteiger partial charge < -0.3 is 25.7 Å². The molecule has 1 heterocycles. The van der Waals surface area contributed by atoms with E-state index in [1.165, 1.54) is 0 Å². The Hall–Kier alpha value is -3.29. The van der Waals surface area contributed by atoms with Gasteiger partial charge in [0.2, 0.25) is 0 Å². The Bertz CT molecular complexity index is 1050. The molecule has 1 aliphatic rings. The molecule has 4 N–H and O–H groups in total. The Morgan fingerprint density at radius 3 is 2.63 bits per heavy atom. The van der Waals surface area contributed by atoms with Crippen LogP contribution in [0.2, 0.25) is 0 Å². The van der Waals surface area contributed by atoms with Gasteiger partial charge in [0.25, 0.3) is 0 Å². The van der Waals surface area contributed by atoms with Crippen LogP contribution >= 0.6 is 0 Å². The van der Waals surface area contributed by atoms with Gasteiger partial charge in [0.15, 0.2) is 0 Å². The van der Waals surface area contributed by atoms with Crippen molar-refractivity contribution >= 4 is 17.1 Å². The van der Waals surface area contributed by atoms with Crippen LogP contribution < -0.4 is 21.5 Å². The molecule has 1 aliphatic heterocycles. The van der Waals surface area contributed by atoms with Crippen molar-refractivity contribution < 1.29 is 4.74 Å². The average Bonchev–Trinajstić information content (AvgIpc) is 3.00. The summed E-state index contributed by atoms with van der Waals surface area (Å²) in [7, 11) is 3.60. The highest BCUT2D eigenvalue weighted by molar-refractivity contribution is 5.93. The van der Waals surface area contributed by atoms with Gasteiger partial charge in [-0.3, -0.25) is 4.99 Å². The van der Waals surface area contributed by atoms with Crippen LogP contribution in [0.4, 0.5) is 5.69 Å². The summed E-state index contributed by atoms with van der Waals surface area (Å²) in [5.41, 5.74) is 13.6. The summed E-state index contributed by atoms with van der Waals surface area (Å²) in [5.74, 6) is 0.875. The highest BCUT2D eigenvalue weighted by atomic mass is 16.5. The second-order valence-electron chi connectivity index (χ2n) is 9.56. The molecule has 1 aromatic carbocycles. The quantitative estimate of drug-likeness (QED) is 0.146. The molecule has 1 atom stereocenters. The number of amidine groups is 1. The smallest absolute Gasteiger partial charge is 0.0979 e. The van der Waals surface area contributed by atoms with E-state index < -0.39 is 0 Å². The molecule has 2 rings (SSSR count). The number of anilines is 1. The van der Waals surface area contributed by atoms with Gasteiger partial charge in [-0.1, -0.05) is 36.9 Å². The molecule has 38 heavy (non-hydrogen) atoms. The number of nitrogens with one attached hydrogen (secondary N) is 4. The number of rotatable bonds is 13. The molecule has 1 unspecified atom stereocenters. The van der Waals surface area contributed by atoms with Crippen LogP contribution in [0.5, 0.6) is 0 Å². The van der Waals surface area contributed by atoms with E-state index in [-0.39, 0.29) is 0 Å². The van der Waals surface area contributed by atoms with E-state index in [0.717, 1.165) is 77.7 Å². The third-order valence-corrected chi connectivity index (χ3v) is 6.66. The number of allylic oxidation sites excluding steroid dienone is 4. The van der Waals surface area contributed by atoms with Crippen LogP contribution in [0.15, 0.2) is 82.9 Å². The molecular weight excluding hydrogens is 472 g/mol. The molecule has 0 saturated heterocycles. The molecule has 0 aromatic heterocycles. The molecule has 7 heteroatoms. The number of nitrogens with zero attached hydrogens (tertiary/aromatic N) is 2. The van der Waals surface area contributed by atoms with Crippen molar-refractivity contribution in [2.45, 2.75) is 59.9 Å². The fourth-order valence-electron chi connectivity index (χ4n) is 4.27. The van der Waals surface area contributed by atoms with E-state index in [2.05, 4.69) is 103 Å². The van der Waals surface area contributed by atoms with E-state index in [1.54, 1.807) is 7.11 Å². The summed E-state index contributed by atoms with van der Waals surface area (Å²) >= 11 is 0. The Morgan fingerprint density at radius 2 is 1.97 bits per heavy atom. The van der Waals surface area contributed by atoms with Crippen LogP contribution in [-0.4, -0.2) is 50.6 Å². The second kappa shape index (κ2) is 16.5. The lowest BCUT2D eigenvalue weighted by molar-refractivity contribution is 0.159. The van der Waals surface area contributed by atoms with Crippen molar-refractivity contribution in [2.75, 3.05) is 39.2 Å². The molecule has 0 bridgehead atoms. The fourth-order valence-corrected chi connectivity index (χ4v) is 4.27. The van der Waals surface area contributed by atoms with Gasteiger partial charge in [0.05, 0.1) is 23.8 Å². The first-order valence-electron chi connectivity index (χ1n) is 13.6. The van der Waals surface area contributed by atoms with Gasteiger partial charge in [-0.05, 0) is 82.7 Å². The number of aliphatic imine (C=N–C) groups is 1. The molecule has 1 aromatic rings. The molecule has 208 valence electrons. The molecule has 7 nitrogen and oxygen atoms in total. The summed E-state index contributed by atoms with van der Waals surface area (Å²) in [6.45, 7) is 17.3. The first kappa shape index (κ1) is 30.9. The molecule has 0 saturated carbocycles. The van der Waals surface area contributed by atoms with E-state index >= 15 is 0 Å². The highest BCUT2D eigenvalue weighted by Crippen LogP contribution is 2.21. The van der Waals surface area contributed by atoms with E-state index in [0.29, 0.717) is 12.6 Å². The van der Waals surface area contributed by atoms with Crippen molar-refractivity contribution in [2.24, 2.45) is 4.99 Å². The fraction of sp³-hybridized carbons (Fsp3) is 0.452. The maximum absolute atomic E-state index is 5.30. The van der Waals surface area contributed by atoms with Crippen LogP contribution in [-0.2, 0) is 4.74 Å². The van der Waals surface area contributed by atoms with E-state index in [9.17, 15) is 0 Å². The number of hydrogen-bond acceptors (Lipinski definition) is 6. The minimum Gasteiger partial charge on any atom is -0.385 e. The van der Waals surface area contributed by atoms with Crippen molar-refractivity contribution in [3.63, 3.8) is 0 Å². The minimum atomic E-state index is 0.349. The number of benzene rings is 1. The third-order valence-electron chi connectivity index (χ3n) is 6.66. The third kappa shape index (κ3) is 9.88. The second-order valence-corrected chi connectivity index (χ2v) is 9.56. The Kier molecular flexibility index (Phi) is 13.5. The maximum Gasteiger partial charge on any atom is 0.0979 e. The molecule has 0 aliphatic carbocycles. The summed E-state index contributed by atoms with van der Waals surface area (Å²) in [5, 5.41) is 7.07. The zero-order valence-electron chi connectivity index (χ0n) is 24.4. The lowest BCUT2D eigenvalue weighted by Crippen LogP contribution is -2.35. The summed E-state index contributed by atoms with van der Waals surface area (Å²) in [6, 6.07) is 8.71. The van der Waals surface area contributed by atoms with Crippen LogP contribution in [0.1, 0.15) is 59.4 Å². The zero-order chi connectivity index (χ0) is 27.9. The number of likely N-dealkylation sites (N-methyl/N-ethyl adjacent to an activating group) is 1. The van der Waals surface area contributed by atoms with Gasteiger partial charge in [0, 0.05) is 50.9 Å². The van der Waals surface area contributed by atoms with Crippen molar-refractivity contribution in [1.29, 1.82) is 0 Å². The lowest BCUT2D eigenvalue weighted by Gasteiger charge is -2.33. The van der Waals surface area contributed by atoms with E-state index in [4.69, 9.17) is 9.73 Å². The van der Waals surface area contributed by atoms with Gasteiger partial charge in [-0.25, -0.2) is 5.43 Å². The summed E-state index contributed by atoms with van der Waals surface area (Å²) in [4.78, 5) is 7.19. The Labute approximate surface area is 230 Å². The predicted octanol–water partition coefficient (Wildman–Crippen LogP) is 5.96. The highest BCUT2D eigenvalue weighted by Gasteiger charge is 2.17. The monoisotopic (exact) mass is 520 g/mol. The average molecular weight is 521 g/mol. The summed E-state index contributed by atoms with van der Waals surface area (Å²) < 4.78 is 5.30. The van der Waals surface area contributed by atoms with Crippen molar-refractivity contribution in [3.8, 4) is 0 Å². The first-order chi connectivity index (χ1) is 18.3. The molecule has 0 radical (unpaired) electrons. The molecule has 0 amide bonds. The number of hydrazine groups is 1. The maximum atomic E-state index is 5.30. The number of hydrogen-bond donors (Lipinski definition) is 4. The van der Waals surface area contributed by atoms with Crippen molar-refractivity contribution in [3.05, 3.63) is 83.5 Å². The molecule has 0 spiro atoms. The largest absolute Gasteiger partial charge is 0.385 e. The van der Waals surface area contributed by atoms with Crippen LogP contribution in [0.3, 0.4) is 0 Å². The van der Waals surface area contributed by atoms with Gasteiger partial charge >= 0.3 is 0 Å². The Morgan fingerprint density at radius 1 is 1.24 bits per heavy atom. The predicted molar refractivity (Wildman–Crippen MR) is 164 cm³/mol. The number of methoxy groups -OCH3 is 1. The summed E-state index contributed by atoms with van der Waals surface area (Å²) in [6.07, 6.45) is 11.5. The first-order valence-corrected chi connectivity index (χ1v) is 13.6. The van der Waals surface area contributed by atoms with Crippen LogP contribution in [0, 0.1) is 0 Å². The zero-order valence-corrected chi connectivity index (χ0v) is 24.4. The normalized spacial score (nSPS) is 19.7. The topological polar surface area (TPSA) is 73.0 Å². The van der Waals surface area contributed by atoms with E-state index in [1.807, 2.05) is 20.2 Å². The molecular formula is C31H48N6O. The van der Waals surface area contributed by atoms with Crippen molar-refractivity contribution in [1.82, 2.24) is 21.1 Å². The van der Waals surface area contributed by atoms with Gasteiger partial charge in [-0.15, -0.1) is 0 Å². The standard InChI is InChI=1S/C31H48N6O/c1-9-37(24(3)19-20-38-8)26(5)31-14-12-10-11-13-29(25(4)35-31)22-33-27(6)36-30-17-15-28(16-18-30)23(2)21-34-32-7/h11,13-18,21,24,32,34-35H,5,9-10,12,19-20,22H2,1-4,6-8H3,(H,33,36)/b13-11-,23-21+,29-25-,31-14-. The van der Waals surface area contributed by atoms with Crippen LogP contribution in [0.25, 0.3) is 5.57 Å². The van der Waals surface area contributed by atoms with Gasteiger partial charge in [0.1, 0.15) is 0 Å². The Balaban J connectivity index is 2.10. The molecule has 0 fully saturated rings. The minimum absolute atomic E-state index is 0.349. The number of ether oxygens (including phenoxy) is 1. The SMILES string of the molecule is C=C(/C1=C/CC/C=C\C(CN=C(C)Nc2ccc(/C(C)=C/NNC)cc2)=C(/C)N1)N(CC)C(C)CCOC.